The zero-order valence-corrected chi connectivity index (χ0v) is 15.6. The highest BCUT2D eigenvalue weighted by Gasteiger charge is 2.36. The van der Waals surface area contributed by atoms with Crippen LogP contribution in [0.2, 0.25) is 0 Å². The summed E-state index contributed by atoms with van der Waals surface area (Å²) in [5.74, 6) is 0.0540. The molecule has 2 rings (SSSR count). The summed E-state index contributed by atoms with van der Waals surface area (Å²) in [5, 5.41) is 3.20. The van der Waals surface area contributed by atoms with Crippen molar-refractivity contribution in [2.75, 3.05) is 47.9 Å². The van der Waals surface area contributed by atoms with Crippen LogP contribution in [-0.2, 0) is 9.53 Å². The first-order valence-corrected chi connectivity index (χ1v) is 8.62. The fourth-order valence-corrected chi connectivity index (χ4v) is 3.41. The minimum atomic E-state index is -0.274. The molecule has 1 fully saturated rings. The Morgan fingerprint density at radius 2 is 1.92 bits per heavy atom. The molecule has 5 nitrogen and oxygen atoms in total. The van der Waals surface area contributed by atoms with Crippen molar-refractivity contribution >= 4 is 5.91 Å². The van der Waals surface area contributed by atoms with Crippen LogP contribution in [0.15, 0.2) is 24.3 Å². The fourth-order valence-electron chi connectivity index (χ4n) is 3.41. The molecular weight excluding hydrogens is 302 g/mol. The number of carbonyl (C=O) groups excluding carboxylic acids is 1. The van der Waals surface area contributed by atoms with E-state index in [-0.39, 0.29) is 17.5 Å². The van der Waals surface area contributed by atoms with Crippen molar-refractivity contribution in [2.24, 2.45) is 0 Å². The first-order chi connectivity index (χ1) is 11.4. The molecule has 1 saturated heterocycles. The Morgan fingerprint density at radius 3 is 2.46 bits per heavy atom. The molecule has 1 heterocycles. The largest absolute Gasteiger partial charge is 0.381 e. The number of hydrogen-bond donors (Lipinski definition) is 1. The van der Waals surface area contributed by atoms with Crippen LogP contribution in [-0.4, -0.2) is 69.2 Å². The topological polar surface area (TPSA) is 44.8 Å². The van der Waals surface area contributed by atoms with Crippen LogP contribution < -0.4 is 5.32 Å². The highest BCUT2D eigenvalue weighted by atomic mass is 16.5. The molecule has 5 heteroatoms. The van der Waals surface area contributed by atoms with E-state index in [9.17, 15) is 4.79 Å². The summed E-state index contributed by atoms with van der Waals surface area (Å²) < 4.78 is 5.50. The van der Waals surface area contributed by atoms with Crippen molar-refractivity contribution in [2.45, 2.75) is 31.3 Å². The Labute approximate surface area is 146 Å². The van der Waals surface area contributed by atoms with Crippen molar-refractivity contribution in [3.63, 3.8) is 0 Å². The second kappa shape index (κ2) is 8.10. The maximum atomic E-state index is 12.9. The number of carbonyl (C=O) groups is 1. The Morgan fingerprint density at radius 1 is 1.25 bits per heavy atom. The number of rotatable bonds is 6. The van der Waals surface area contributed by atoms with Crippen LogP contribution in [0.25, 0.3) is 0 Å². The highest BCUT2D eigenvalue weighted by molar-refractivity contribution is 5.83. The third-order valence-corrected chi connectivity index (χ3v) is 5.09. The van der Waals surface area contributed by atoms with Gasteiger partial charge in [-0.05, 0) is 53.5 Å². The number of nitrogens with one attached hydrogen (secondary N) is 1. The van der Waals surface area contributed by atoms with Gasteiger partial charge in [-0.2, -0.15) is 0 Å². The second-order valence-corrected chi connectivity index (χ2v) is 7.23. The average molecular weight is 333 g/mol. The highest BCUT2D eigenvalue weighted by Crippen LogP contribution is 2.26. The third-order valence-electron chi connectivity index (χ3n) is 5.09. The Kier molecular flexibility index (Phi) is 6.38. The van der Waals surface area contributed by atoms with Crippen LogP contribution in [0.3, 0.4) is 0 Å². The van der Waals surface area contributed by atoms with Gasteiger partial charge in [-0.15, -0.1) is 0 Å². The molecule has 0 bridgehead atoms. The van der Waals surface area contributed by atoms with E-state index < -0.39 is 0 Å². The molecule has 0 aromatic heterocycles. The molecule has 134 valence electrons. The molecule has 1 aliphatic rings. The molecule has 1 aromatic rings. The number of likely N-dealkylation sites (N-methyl/N-ethyl adjacent to an activating group) is 2. The lowest BCUT2D eigenvalue weighted by Gasteiger charge is -2.43. The fraction of sp³-hybridized carbons (Fsp3) is 0.632. The lowest BCUT2D eigenvalue weighted by atomic mass is 9.88. The predicted molar refractivity (Wildman–Crippen MR) is 97.1 cm³/mol. The van der Waals surface area contributed by atoms with Gasteiger partial charge in [-0.25, -0.2) is 0 Å². The van der Waals surface area contributed by atoms with E-state index in [1.165, 1.54) is 5.56 Å². The summed E-state index contributed by atoms with van der Waals surface area (Å²) in [5.41, 5.74) is 2.18. The van der Waals surface area contributed by atoms with Crippen molar-refractivity contribution in [3.8, 4) is 0 Å². The SMILES string of the molecule is Cc1cccc(C(C(=O)NCC2(N(C)C)CCOCC2)N(C)C)c1. The number of aryl methyl sites for hydroxylation is 1. The quantitative estimate of drug-likeness (QED) is 0.863. The second-order valence-electron chi connectivity index (χ2n) is 7.23. The molecule has 1 aromatic carbocycles. The first-order valence-electron chi connectivity index (χ1n) is 8.62. The molecule has 1 atom stereocenters. The van der Waals surface area contributed by atoms with Crippen LogP contribution in [0.5, 0.6) is 0 Å². The van der Waals surface area contributed by atoms with E-state index in [4.69, 9.17) is 4.74 Å². The number of amides is 1. The standard InChI is InChI=1S/C19H31N3O2/c1-15-7-6-8-16(13-15)17(21(2)3)18(23)20-14-19(22(4)5)9-11-24-12-10-19/h6-8,13,17H,9-12,14H2,1-5H3,(H,20,23). The maximum absolute atomic E-state index is 12.9. The predicted octanol–water partition coefficient (Wildman–Crippen LogP) is 1.82. The molecule has 1 aliphatic heterocycles. The summed E-state index contributed by atoms with van der Waals surface area (Å²) in [6.07, 6.45) is 1.88. The van der Waals surface area contributed by atoms with E-state index in [0.29, 0.717) is 6.54 Å². The smallest absolute Gasteiger partial charge is 0.242 e. The van der Waals surface area contributed by atoms with Crippen LogP contribution in [0.4, 0.5) is 0 Å². The Balaban J connectivity index is 2.10. The van der Waals surface area contributed by atoms with Crippen LogP contribution in [0, 0.1) is 6.92 Å². The van der Waals surface area contributed by atoms with E-state index in [2.05, 4.69) is 43.4 Å². The van der Waals surface area contributed by atoms with Crippen molar-refractivity contribution in [3.05, 3.63) is 35.4 Å². The molecule has 1 amide bonds. The van der Waals surface area contributed by atoms with Crippen LogP contribution in [0.1, 0.15) is 30.0 Å². The number of hydrogen-bond acceptors (Lipinski definition) is 4. The van der Waals surface area contributed by atoms with Gasteiger partial charge in [0, 0.05) is 25.3 Å². The molecule has 0 spiro atoms. The summed E-state index contributed by atoms with van der Waals surface area (Å²) in [7, 11) is 8.06. The van der Waals surface area contributed by atoms with Crippen molar-refractivity contribution in [1.82, 2.24) is 15.1 Å². The maximum Gasteiger partial charge on any atom is 0.242 e. The van der Waals surface area contributed by atoms with Gasteiger partial charge in [-0.1, -0.05) is 29.8 Å². The van der Waals surface area contributed by atoms with Gasteiger partial charge in [0.25, 0.3) is 0 Å². The lowest BCUT2D eigenvalue weighted by Crippen LogP contribution is -2.56. The van der Waals surface area contributed by atoms with E-state index >= 15 is 0 Å². The van der Waals surface area contributed by atoms with E-state index in [1.54, 1.807) is 0 Å². The number of nitrogens with zero attached hydrogens (tertiary/aromatic N) is 2. The molecular formula is C19H31N3O2. The molecule has 0 aliphatic carbocycles. The monoisotopic (exact) mass is 333 g/mol. The molecule has 0 saturated carbocycles. The summed E-state index contributed by atoms with van der Waals surface area (Å²) in [6.45, 7) is 4.21. The van der Waals surface area contributed by atoms with Crippen molar-refractivity contribution < 1.29 is 9.53 Å². The summed E-state index contributed by atoms with van der Waals surface area (Å²) in [4.78, 5) is 17.1. The summed E-state index contributed by atoms with van der Waals surface area (Å²) in [6, 6.07) is 7.89. The first kappa shape index (κ1) is 18.9. The summed E-state index contributed by atoms with van der Waals surface area (Å²) >= 11 is 0. The molecule has 1 unspecified atom stereocenters. The molecule has 1 N–H and O–H groups in total. The van der Waals surface area contributed by atoms with Gasteiger partial charge < -0.3 is 15.0 Å². The molecule has 24 heavy (non-hydrogen) atoms. The van der Waals surface area contributed by atoms with Crippen molar-refractivity contribution in [1.29, 1.82) is 0 Å². The zero-order valence-electron chi connectivity index (χ0n) is 15.6. The normalized spacial score (nSPS) is 18.6. The zero-order chi connectivity index (χ0) is 17.7. The van der Waals surface area contributed by atoms with Gasteiger partial charge in [-0.3, -0.25) is 9.69 Å². The minimum absolute atomic E-state index is 0.0165. The van der Waals surface area contributed by atoms with Gasteiger partial charge in [0.2, 0.25) is 5.91 Å². The third kappa shape index (κ3) is 4.35. The Hall–Kier alpha value is -1.43. The minimum Gasteiger partial charge on any atom is -0.381 e. The van der Waals surface area contributed by atoms with E-state index in [1.807, 2.05) is 31.1 Å². The Bertz CT molecular complexity index is 551. The van der Waals surface area contributed by atoms with Gasteiger partial charge in [0.1, 0.15) is 6.04 Å². The molecule has 0 radical (unpaired) electrons. The number of ether oxygens (including phenoxy) is 1. The van der Waals surface area contributed by atoms with E-state index in [0.717, 1.165) is 31.6 Å². The van der Waals surface area contributed by atoms with Gasteiger partial charge in [0.05, 0.1) is 0 Å². The number of benzene rings is 1. The van der Waals surface area contributed by atoms with Crippen LogP contribution >= 0.6 is 0 Å². The lowest BCUT2D eigenvalue weighted by molar-refractivity contribution is -0.126. The van der Waals surface area contributed by atoms with Gasteiger partial charge in [0.15, 0.2) is 0 Å². The van der Waals surface area contributed by atoms with Gasteiger partial charge >= 0.3 is 0 Å². The average Bonchev–Trinajstić information content (AvgIpc) is 2.53.